The smallest absolute Gasteiger partial charge is 0.255 e. The summed E-state index contributed by atoms with van der Waals surface area (Å²) in [5, 5.41) is 4.19. The van der Waals surface area contributed by atoms with E-state index in [4.69, 9.17) is 4.74 Å². The number of ether oxygens (including phenoxy) is 1. The molecule has 40 heavy (non-hydrogen) atoms. The van der Waals surface area contributed by atoms with Gasteiger partial charge in [0.25, 0.3) is 5.91 Å². The number of anilines is 3. The summed E-state index contributed by atoms with van der Waals surface area (Å²) in [5.41, 5.74) is 5.26. The molecule has 2 aromatic carbocycles. The quantitative estimate of drug-likeness (QED) is 0.292. The fourth-order valence-electron chi connectivity index (χ4n) is 4.79. The molecule has 0 atom stereocenters. The van der Waals surface area contributed by atoms with Gasteiger partial charge in [0.2, 0.25) is 0 Å². The maximum absolute atomic E-state index is 13.0. The molecule has 1 amide bonds. The number of nitrogens with zero attached hydrogens (tertiary/aromatic N) is 7. The molecule has 6 rings (SSSR count). The van der Waals surface area contributed by atoms with Crippen LogP contribution in [-0.2, 0) is 11.8 Å². The highest BCUT2D eigenvalue weighted by Gasteiger charge is 2.28. The zero-order valence-electron chi connectivity index (χ0n) is 22.9. The van der Waals surface area contributed by atoms with E-state index in [-0.39, 0.29) is 5.91 Å². The molecule has 1 aliphatic heterocycles. The molecule has 0 saturated carbocycles. The monoisotopic (exact) mass is 534 g/mol. The Kier molecular flexibility index (Phi) is 6.61. The van der Waals surface area contributed by atoms with Crippen molar-refractivity contribution in [3.8, 4) is 11.5 Å². The van der Waals surface area contributed by atoms with Gasteiger partial charge < -0.3 is 19.5 Å². The van der Waals surface area contributed by atoms with Crippen molar-refractivity contribution in [2.24, 2.45) is 7.05 Å². The zero-order chi connectivity index (χ0) is 27.8. The number of amides is 1. The minimum absolute atomic E-state index is 0.00605. The summed E-state index contributed by atoms with van der Waals surface area (Å²) in [6, 6.07) is 13.7. The Morgan fingerprint density at radius 3 is 2.75 bits per heavy atom. The number of imidazole rings is 1. The second-order valence-electron chi connectivity index (χ2n) is 10.2. The summed E-state index contributed by atoms with van der Waals surface area (Å²) in [4.78, 5) is 34.6. The number of aryl methyl sites for hydroxylation is 2. The summed E-state index contributed by atoms with van der Waals surface area (Å²) in [6.07, 6.45) is 7.68. The van der Waals surface area contributed by atoms with Gasteiger partial charge in [-0.1, -0.05) is 6.08 Å². The fourth-order valence-corrected chi connectivity index (χ4v) is 4.79. The van der Waals surface area contributed by atoms with Crippen LogP contribution in [0.5, 0.6) is 11.5 Å². The van der Waals surface area contributed by atoms with E-state index in [1.165, 1.54) is 6.33 Å². The Morgan fingerprint density at radius 1 is 1.05 bits per heavy atom. The lowest BCUT2D eigenvalue weighted by Gasteiger charge is -2.16. The number of fused-ring (bicyclic) bond motifs is 2. The van der Waals surface area contributed by atoms with Gasteiger partial charge in [-0.2, -0.15) is 0 Å². The molecule has 0 radical (unpaired) electrons. The highest BCUT2D eigenvalue weighted by atomic mass is 16.5. The number of benzene rings is 2. The first-order chi connectivity index (χ1) is 19.4. The maximum Gasteiger partial charge on any atom is 0.255 e. The minimum Gasteiger partial charge on any atom is -0.457 e. The SMILES string of the molecule is Cc1cc(Nc2ncnc3cnc(N4CC/C(=C\CN(C)C)C4=O)cc23)ccc1Oc1ccc2c(c1)ncn2C. The average Bonchev–Trinajstić information content (AvgIpc) is 3.50. The van der Waals surface area contributed by atoms with Crippen molar-refractivity contribution in [1.29, 1.82) is 0 Å². The average molecular weight is 535 g/mol. The Bertz CT molecular complexity index is 1780. The third-order valence-corrected chi connectivity index (χ3v) is 6.97. The highest BCUT2D eigenvalue weighted by molar-refractivity contribution is 6.08. The minimum atomic E-state index is -0.00605. The normalized spacial score (nSPS) is 14.7. The molecule has 0 unspecified atom stereocenters. The van der Waals surface area contributed by atoms with Crippen molar-refractivity contribution >= 4 is 45.2 Å². The molecular formula is C30H30N8O2. The van der Waals surface area contributed by atoms with Gasteiger partial charge >= 0.3 is 0 Å². The van der Waals surface area contributed by atoms with Crippen molar-refractivity contribution in [2.45, 2.75) is 13.3 Å². The molecule has 1 N–H and O–H groups in total. The van der Waals surface area contributed by atoms with Crippen molar-refractivity contribution in [3.63, 3.8) is 0 Å². The van der Waals surface area contributed by atoms with E-state index in [2.05, 4.69) is 25.3 Å². The van der Waals surface area contributed by atoms with Crippen LogP contribution < -0.4 is 15.0 Å². The van der Waals surface area contributed by atoms with Crippen molar-refractivity contribution in [2.75, 3.05) is 37.4 Å². The van der Waals surface area contributed by atoms with E-state index in [9.17, 15) is 4.79 Å². The Hall–Kier alpha value is -4.83. The number of rotatable bonds is 7. The number of likely N-dealkylation sites (N-methyl/N-ethyl adjacent to an activating group) is 1. The number of hydrogen-bond acceptors (Lipinski definition) is 8. The largest absolute Gasteiger partial charge is 0.457 e. The summed E-state index contributed by atoms with van der Waals surface area (Å²) < 4.78 is 8.14. The van der Waals surface area contributed by atoms with Crippen LogP contribution in [0.25, 0.3) is 21.9 Å². The number of carbonyl (C=O) groups excluding carboxylic acids is 1. The molecule has 4 heterocycles. The topological polar surface area (TPSA) is 101 Å². The summed E-state index contributed by atoms with van der Waals surface area (Å²) in [7, 11) is 5.94. The summed E-state index contributed by atoms with van der Waals surface area (Å²) in [5.74, 6) is 2.71. The van der Waals surface area contributed by atoms with Gasteiger partial charge in [-0.3, -0.25) is 9.69 Å². The van der Waals surface area contributed by atoms with Crippen LogP contribution in [0.4, 0.5) is 17.3 Å². The van der Waals surface area contributed by atoms with Crippen LogP contribution in [-0.4, -0.2) is 62.5 Å². The molecule has 0 bridgehead atoms. The summed E-state index contributed by atoms with van der Waals surface area (Å²) >= 11 is 0. The van der Waals surface area contributed by atoms with E-state index >= 15 is 0 Å². The number of nitrogens with one attached hydrogen (secondary N) is 1. The predicted octanol–water partition coefficient (Wildman–Crippen LogP) is 4.98. The lowest BCUT2D eigenvalue weighted by Crippen LogP contribution is -2.25. The van der Waals surface area contributed by atoms with Crippen LogP contribution >= 0.6 is 0 Å². The van der Waals surface area contributed by atoms with Crippen molar-refractivity contribution in [3.05, 3.63) is 78.5 Å². The third-order valence-electron chi connectivity index (χ3n) is 6.97. The molecule has 10 nitrogen and oxygen atoms in total. The molecule has 0 spiro atoms. The van der Waals surface area contributed by atoms with Crippen LogP contribution in [0, 0.1) is 6.92 Å². The first-order valence-electron chi connectivity index (χ1n) is 13.1. The van der Waals surface area contributed by atoms with Gasteiger partial charge in [0.15, 0.2) is 0 Å². The second kappa shape index (κ2) is 10.4. The van der Waals surface area contributed by atoms with Gasteiger partial charge in [-0.25, -0.2) is 19.9 Å². The van der Waals surface area contributed by atoms with E-state index in [0.29, 0.717) is 30.1 Å². The van der Waals surface area contributed by atoms with Crippen LogP contribution in [0.2, 0.25) is 0 Å². The van der Waals surface area contributed by atoms with Gasteiger partial charge in [0.1, 0.15) is 29.5 Å². The molecule has 1 fully saturated rings. The molecule has 1 saturated heterocycles. The fraction of sp³-hybridized carbons (Fsp3) is 0.233. The zero-order valence-corrected chi connectivity index (χ0v) is 22.9. The van der Waals surface area contributed by atoms with E-state index in [1.54, 1.807) is 17.4 Å². The Morgan fingerprint density at radius 2 is 1.93 bits per heavy atom. The van der Waals surface area contributed by atoms with E-state index in [0.717, 1.165) is 51.3 Å². The Labute approximate surface area is 232 Å². The molecule has 5 aromatic rings. The van der Waals surface area contributed by atoms with Crippen LogP contribution in [0.1, 0.15) is 12.0 Å². The lowest BCUT2D eigenvalue weighted by atomic mass is 10.2. The van der Waals surface area contributed by atoms with E-state index < -0.39 is 0 Å². The van der Waals surface area contributed by atoms with Crippen molar-refractivity contribution in [1.82, 2.24) is 29.4 Å². The predicted molar refractivity (Wildman–Crippen MR) is 156 cm³/mol. The van der Waals surface area contributed by atoms with Crippen LogP contribution in [0.15, 0.2) is 73.0 Å². The first-order valence-corrected chi connectivity index (χ1v) is 13.1. The molecule has 10 heteroatoms. The maximum atomic E-state index is 13.0. The number of pyridine rings is 1. The Balaban J connectivity index is 1.23. The molecule has 3 aromatic heterocycles. The van der Waals surface area contributed by atoms with E-state index in [1.807, 2.05) is 86.1 Å². The third kappa shape index (κ3) is 4.96. The molecule has 1 aliphatic rings. The molecular weight excluding hydrogens is 504 g/mol. The molecule has 0 aliphatic carbocycles. The van der Waals surface area contributed by atoms with Crippen LogP contribution in [0.3, 0.4) is 0 Å². The van der Waals surface area contributed by atoms with Gasteiger partial charge in [-0.15, -0.1) is 0 Å². The molecule has 202 valence electrons. The standard InChI is InChI=1S/C30H30N8O2/c1-19-13-21(5-8-27(19)40-22-6-7-26-24(14-22)34-18-37(26)4)35-29-23-15-28(31-16-25(23)32-17-33-29)38-12-10-20(30(38)39)9-11-36(2)3/h5-9,13-18H,10-12H2,1-4H3,(H,32,33,35)/b20-9+. The van der Waals surface area contributed by atoms with Gasteiger partial charge in [-0.05, 0) is 69.4 Å². The number of carbonyl (C=O) groups is 1. The van der Waals surface area contributed by atoms with Gasteiger partial charge in [0, 0.05) is 42.9 Å². The summed E-state index contributed by atoms with van der Waals surface area (Å²) in [6.45, 7) is 3.33. The number of aromatic nitrogens is 5. The first kappa shape index (κ1) is 25.4. The van der Waals surface area contributed by atoms with Gasteiger partial charge in [0.05, 0.1) is 29.1 Å². The lowest BCUT2D eigenvalue weighted by molar-refractivity contribution is -0.114. The second-order valence-corrected chi connectivity index (χ2v) is 10.2. The number of hydrogen-bond donors (Lipinski definition) is 1. The van der Waals surface area contributed by atoms with Crippen molar-refractivity contribution < 1.29 is 9.53 Å². The highest BCUT2D eigenvalue weighted by Crippen LogP contribution is 2.32.